The Labute approximate surface area is 89.7 Å². The maximum Gasteiger partial charge on any atom is 0.323 e. The van der Waals surface area contributed by atoms with Gasteiger partial charge in [0.1, 0.15) is 12.3 Å². The highest BCUT2D eigenvalue weighted by Crippen LogP contribution is 2.31. The fourth-order valence-electron chi connectivity index (χ4n) is 1.58. The van der Waals surface area contributed by atoms with Gasteiger partial charge in [-0.05, 0) is 18.2 Å². The largest absolute Gasteiger partial charge is 0.508 e. The molecule has 1 aromatic carbocycles. The number of carbonyl (C=O) groups is 3. The summed E-state index contributed by atoms with van der Waals surface area (Å²) in [6.07, 6.45) is 0. The summed E-state index contributed by atoms with van der Waals surface area (Å²) in [5.74, 6) is -3.03. The molecule has 0 atom stereocenters. The number of phenolic OH excluding ortho intramolecular Hbond substituents is 1. The molecule has 0 saturated carbocycles. The van der Waals surface area contributed by atoms with Gasteiger partial charge in [-0.1, -0.05) is 0 Å². The van der Waals surface area contributed by atoms with Gasteiger partial charge in [0.25, 0.3) is 11.7 Å². The van der Waals surface area contributed by atoms with Crippen LogP contribution in [0.4, 0.5) is 5.69 Å². The van der Waals surface area contributed by atoms with Crippen LogP contribution in [0.25, 0.3) is 0 Å². The number of carboxylic acids is 1. The minimum absolute atomic E-state index is 0.0336. The third-order valence-electron chi connectivity index (χ3n) is 2.25. The van der Waals surface area contributed by atoms with Gasteiger partial charge in [-0.3, -0.25) is 19.3 Å². The number of rotatable bonds is 2. The van der Waals surface area contributed by atoms with Crippen molar-refractivity contribution < 1.29 is 24.6 Å². The Morgan fingerprint density at radius 3 is 2.62 bits per heavy atom. The molecular weight excluding hydrogens is 214 g/mol. The molecule has 0 spiro atoms. The average molecular weight is 221 g/mol. The Morgan fingerprint density at radius 2 is 2.00 bits per heavy atom. The number of fused-ring (bicyclic) bond motifs is 1. The fraction of sp³-hybridized carbons (Fsp3) is 0.100. The molecule has 0 fully saturated rings. The first-order valence-corrected chi connectivity index (χ1v) is 4.41. The summed E-state index contributed by atoms with van der Waals surface area (Å²) in [7, 11) is 0. The molecule has 0 aromatic heterocycles. The third-order valence-corrected chi connectivity index (χ3v) is 2.25. The van der Waals surface area contributed by atoms with Gasteiger partial charge in [-0.2, -0.15) is 0 Å². The standard InChI is InChI=1S/C10H7NO5/c12-5-1-2-7-6(3-5)9(15)10(16)11(7)4-8(13)14/h1-3,12H,4H2,(H,13,14). The normalized spacial score (nSPS) is 14.1. The Hall–Kier alpha value is -2.37. The molecule has 16 heavy (non-hydrogen) atoms. The smallest absolute Gasteiger partial charge is 0.323 e. The van der Waals surface area contributed by atoms with Gasteiger partial charge in [0, 0.05) is 0 Å². The van der Waals surface area contributed by atoms with Gasteiger partial charge >= 0.3 is 5.97 Å². The minimum atomic E-state index is -1.21. The maximum absolute atomic E-state index is 11.4. The van der Waals surface area contributed by atoms with Crippen LogP contribution in [-0.4, -0.2) is 34.4 Å². The number of nitrogens with zero attached hydrogens (tertiary/aromatic N) is 1. The summed E-state index contributed by atoms with van der Waals surface area (Å²) in [4.78, 5) is 34.3. The lowest BCUT2D eigenvalue weighted by molar-refractivity contribution is -0.136. The summed E-state index contributed by atoms with van der Waals surface area (Å²) < 4.78 is 0. The lowest BCUT2D eigenvalue weighted by atomic mass is 10.1. The molecule has 6 heteroatoms. The lowest BCUT2D eigenvalue weighted by Crippen LogP contribution is -2.34. The van der Waals surface area contributed by atoms with Gasteiger partial charge in [-0.15, -0.1) is 0 Å². The van der Waals surface area contributed by atoms with Gasteiger partial charge in [-0.25, -0.2) is 0 Å². The number of anilines is 1. The number of phenols is 1. The van der Waals surface area contributed by atoms with Crippen molar-refractivity contribution >= 4 is 23.3 Å². The first-order chi connectivity index (χ1) is 7.50. The predicted molar refractivity (Wildman–Crippen MR) is 52.4 cm³/mol. The van der Waals surface area contributed by atoms with Crippen molar-refractivity contribution in [3.63, 3.8) is 0 Å². The highest BCUT2D eigenvalue weighted by molar-refractivity contribution is 6.52. The van der Waals surface area contributed by atoms with Crippen molar-refractivity contribution in [1.82, 2.24) is 0 Å². The van der Waals surface area contributed by atoms with Crippen molar-refractivity contribution in [1.29, 1.82) is 0 Å². The van der Waals surface area contributed by atoms with Crippen LogP contribution in [0, 0.1) is 0 Å². The molecule has 1 aliphatic heterocycles. The van der Waals surface area contributed by atoms with E-state index in [1.807, 2.05) is 0 Å². The van der Waals surface area contributed by atoms with Crippen LogP contribution in [-0.2, 0) is 9.59 Å². The van der Waals surface area contributed by atoms with Crippen molar-refractivity contribution in [3.05, 3.63) is 23.8 Å². The van der Waals surface area contributed by atoms with Crippen LogP contribution in [0.2, 0.25) is 0 Å². The summed E-state index contributed by atoms with van der Waals surface area (Å²) in [5.41, 5.74) is 0.251. The van der Waals surface area contributed by atoms with Gasteiger partial charge in [0.15, 0.2) is 0 Å². The second-order valence-electron chi connectivity index (χ2n) is 3.32. The second kappa shape index (κ2) is 3.34. The van der Waals surface area contributed by atoms with E-state index in [-0.39, 0.29) is 17.0 Å². The van der Waals surface area contributed by atoms with Gasteiger partial charge < -0.3 is 10.2 Å². The highest BCUT2D eigenvalue weighted by atomic mass is 16.4. The molecule has 0 saturated heterocycles. The number of amides is 1. The average Bonchev–Trinajstić information content (AvgIpc) is 2.43. The van der Waals surface area contributed by atoms with Crippen LogP contribution >= 0.6 is 0 Å². The van der Waals surface area contributed by atoms with E-state index < -0.39 is 24.2 Å². The Kier molecular flexibility index (Phi) is 2.12. The molecule has 82 valence electrons. The van der Waals surface area contributed by atoms with Gasteiger partial charge in [0.05, 0.1) is 11.3 Å². The van der Waals surface area contributed by atoms with E-state index in [0.29, 0.717) is 0 Å². The van der Waals surface area contributed by atoms with Crippen molar-refractivity contribution in [2.75, 3.05) is 11.4 Å². The number of hydrogen-bond donors (Lipinski definition) is 2. The first-order valence-electron chi connectivity index (χ1n) is 4.41. The van der Waals surface area contributed by atoms with E-state index in [1.54, 1.807) is 0 Å². The zero-order chi connectivity index (χ0) is 11.9. The molecule has 0 unspecified atom stereocenters. The quantitative estimate of drug-likeness (QED) is 0.685. The molecule has 1 aliphatic rings. The van der Waals surface area contributed by atoms with E-state index in [9.17, 15) is 19.5 Å². The molecule has 6 nitrogen and oxygen atoms in total. The van der Waals surface area contributed by atoms with Crippen LogP contribution < -0.4 is 4.90 Å². The minimum Gasteiger partial charge on any atom is -0.508 e. The fourth-order valence-corrected chi connectivity index (χ4v) is 1.58. The lowest BCUT2D eigenvalue weighted by Gasteiger charge is -2.12. The van der Waals surface area contributed by atoms with E-state index in [2.05, 4.69) is 0 Å². The Balaban J connectivity index is 2.50. The predicted octanol–water partition coefficient (Wildman–Crippen LogP) is 0.00610. The molecule has 1 heterocycles. The molecule has 1 amide bonds. The molecule has 1 aromatic rings. The highest BCUT2D eigenvalue weighted by Gasteiger charge is 2.36. The molecule has 0 radical (unpaired) electrons. The number of carboxylic acid groups (broad SMARTS) is 1. The second-order valence-corrected chi connectivity index (χ2v) is 3.32. The maximum atomic E-state index is 11.4. The van der Waals surface area contributed by atoms with Crippen LogP contribution in [0.5, 0.6) is 5.75 Å². The van der Waals surface area contributed by atoms with E-state index in [4.69, 9.17) is 5.11 Å². The summed E-state index contributed by atoms with van der Waals surface area (Å²) in [6.45, 7) is -0.567. The third kappa shape index (κ3) is 1.40. The zero-order valence-corrected chi connectivity index (χ0v) is 8.01. The molecule has 2 N–H and O–H groups in total. The topological polar surface area (TPSA) is 94.9 Å². The summed E-state index contributed by atoms with van der Waals surface area (Å²) in [5, 5.41) is 17.8. The SMILES string of the molecule is O=C(O)CN1C(=O)C(=O)c2cc(O)ccc21. The van der Waals surface area contributed by atoms with E-state index >= 15 is 0 Å². The van der Waals surface area contributed by atoms with Crippen molar-refractivity contribution in [2.24, 2.45) is 0 Å². The number of benzene rings is 1. The van der Waals surface area contributed by atoms with Gasteiger partial charge in [0.2, 0.25) is 0 Å². The molecule has 0 bridgehead atoms. The van der Waals surface area contributed by atoms with Crippen LogP contribution in [0.1, 0.15) is 10.4 Å². The van der Waals surface area contributed by atoms with Crippen LogP contribution in [0.15, 0.2) is 18.2 Å². The summed E-state index contributed by atoms with van der Waals surface area (Å²) in [6, 6.07) is 3.79. The number of Topliss-reactive ketones (excluding diaryl/α,β-unsaturated/α-hetero) is 1. The van der Waals surface area contributed by atoms with Crippen molar-refractivity contribution in [3.8, 4) is 5.75 Å². The monoisotopic (exact) mass is 221 g/mol. The zero-order valence-electron chi connectivity index (χ0n) is 8.01. The Bertz CT molecular complexity index is 508. The molecule has 0 aliphatic carbocycles. The van der Waals surface area contributed by atoms with Crippen molar-refractivity contribution in [2.45, 2.75) is 0 Å². The number of aromatic hydroxyl groups is 1. The van der Waals surface area contributed by atoms with E-state index in [1.165, 1.54) is 12.1 Å². The first kappa shape index (κ1) is 10.2. The Morgan fingerprint density at radius 1 is 1.31 bits per heavy atom. The number of hydrogen-bond acceptors (Lipinski definition) is 4. The molecular formula is C10H7NO5. The molecule has 2 rings (SSSR count). The number of ketones is 1. The number of aliphatic carboxylic acids is 1. The summed E-state index contributed by atoms with van der Waals surface area (Å²) >= 11 is 0. The van der Waals surface area contributed by atoms with Crippen LogP contribution in [0.3, 0.4) is 0 Å². The van der Waals surface area contributed by atoms with E-state index in [0.717, 1.165) is 11.0 Å². The number of carbonyl (C=O) groups excluding carboxylic acids is 2.